The molecule has 0 aliphatic carbocycles. The standard InChI is InChI=1S/C19H21BrN2O3S/c1-14-5-2-3-7-18(14)21-19(23)15-6-4-12-22(13-15)26(24,25)17-10-8-16(20)9-11-17/h2-3,5,7-11,15H,4,6,12-13H2,1H3,(H,21,23)/t15-/m0/s1. The Bertz CT molecular complexity index is 897. The quantitative estimate of drug-likeness (QED) is 0.792. The van der Waals surface area contributed by atoms with E-state index >= 15 is 0 Å². The van der Waals surface area contributed by atoms with E-state index in [0.717, 1.165) is 15.7 Å². The lowest BCUT2D eigenvalue weighted by Gasteiger charge is -2.31. The maximum atomic E-state index is 12.9. The zero-order valence-corrected chi connectivity index (χ0v) is 16.9. The molecule has 1 fully saturated rings. The molecule has 0 spiro atoms. The number of nitrogens with zero attached hydrogens (tertiary/aromatic N) is 1. The number of sulfonamides is 1. The van der Waals surface area contributed by atoms with Gasteiger partial charge in [-0.25, -0.2) is 8.42 Å². The summed E-state index contributed by atoms with van der Waals surface area (Å²) >= 11 is 3.31. The number of hydrogen-bond donors (Lipinski definition) is 1. The van der Waals surface area contributed by atoms with E-state index in [9.17, 15) is 13.2 Å². The number of halogens is 1. The molecule has 0 saturated carbocycles. The van der Waals surface area contributed by atoms with Crippen molar-refractivity contribution in [1.29, 1.82) is 0 Å². The fourth-order valence-corrected chi connectivity index (χ4v) is 4.87. The summed E-state index contributed by atoms with van der Waals surface area (Å²) in [6.07, 6.45) is 1.35. The van der Waals surface area contributed by atoms with Crippen molar-refractivity contribution in [3.63, 3.8) is 0 Å². The molecule has 0 unspecified atom stereocenters. The normalized spacial score (nSPS) is 18.5. The summed E-state index contributed by atoms with van der Waals surface area (Å²) in [7, 11) is -3.59. The van der Waals surface area contributed by atoms with Crippen LogP contribution in [0.2, 0.25) is 0 Å². The van der Waals surface area contributed by atoms with E-state index in [2.05, 4.69) is 21.2 Å². The number of carbonyl (C=O) groups is 1. The lowest BCUT2D eigenvalue weighted by molar-refractivity contribution is -0.120. The summed E-state index contributed by atoms with van der Waals surface area (Å²) in [6.45, 7) is 2.57. The molecule has 1 saturated heterocycles. The van der Waals surface area contributed by atoms with Gasteiger partial charge in [0.15, 0.2) is 0 Å². The van der Waals surface area contributed by atoms with Crippen molar-refractivity contribution in [1.82, 2.24) is 4.31 Å². The third-order valence-corrected chi connectivity index (χ3v) is 7.02. The SMILES string of the molecule is Cc1ccccc1NC(=O)[C@H]1CCCN(S(=O)(=O)c2ccc(Br)cc2)C1. The monoisotopic (exact) mass is 436 g/mol. The minimum Gasteiger partial charge on any atom is -0.326 e. The average Bonchev–Trinajstić information content (AvgIpc) is 2.64. The van der Waals surface area contributed by atoms with Gasteiger partial charge in [0, 0.05) is 23.2 Å². The molecule has 1 heterocycles. The van der Waals surface area contributed by atoms with Crippen LogP contribution in [0.3, 0.4) is 0 Å². The van der Waals surface area contributed by atoms with Crippen LogP contribution in [0.1, 0.15) is 18.4 Å². The van der Waals surface area contributed by atoms with Crippen molar-refractivity contribution in [3.8, 4) is 0 Å². The van der Waals surface area contributed by atoms with Crippen LogP contribution in [-0.2, 0) is 14.8 Å². The molecule has 138 valence electrons. The highest BCUT2D eigenvalue weighted by Gasteiger charge is 2.33. The molecule has 1 aliphatic heterocycles. The number of para-hydroxylation sites is 1. The molecule has 1 atom stereocenters. The molecule has 1 N–H and O–H groups in total. The molecule has 1 aliphatic rings. The first-order valence-electron chi connectivity index (χ1n) is 8.50. The van der Waals surface area contributed by atoms with Gasteiger partial charge in [0.25, 0.3) is 0 Å². The Morgan fingerprint density at radius 2 is 1.85 bits per heavy atom. The second-order valence-corrected chi connectivity index (χ2v) is 9.31. The Morgan fingerprint density at radius 1 is 1.15 bits per heavy atom. The summed E-state index contributed by atoms with van der Waals surface area (Å²) in [6, 6.07) is 14.1. The molecular formula is C19H21BrN2O3S. The van der Waals surface area contributed by atoms with Crippen molar-refractivity contribution in [2.45, 2.75) is 24.7 Å². The van der Waals surface area contributed by atoms with Gasteiger partial charge in [0.05, 0.1) is 10.8 Å². The van der Waals surface area contributed by atoms with Gasteiger partial charge in [-0.1, -0.05) is 34.1 Å². The molecule has 0 bridgehead atoms. The third-order valence-electron chi connectivity index (χ3n) is 4.61. The smallest absolute Gasteiger partial charge is 0.243 e. The van der Waals surface area contributed by atoms with E-state index in [-0.39, 0.29) is 23.3 Å². The van der Waals surface area contributed by atoms with E-state index in [1.807, 2.05) is 31.2 Å². The fourth-order valence-electron chi connectivity index (χ4n) is 3.08. The number of piperidine rings is 1. The number of rotatable bonds is 4. The van der Waals surface area contributed by atoms with Crippen LogP contribution in [0.5, 0.6) is 0 Å². The first-order chi connectivity index (χ1) is 12.4. The molecule has 2 aromatic carbocycles. The van der Waals surface area contributed by atoms with E-state index < -0.39 is 10.0 Å². The highest BCUT2D eigenvalue weighted by molar-refractivity contribution is 9.10. The maximum absolute atomic E-state index is 12.9. The van der Waals surface area contributed by atoms with E-state index in [4.69, 9.17) is 0 Å². The van der Waals surface area contributed by atoms with Crippen LogP contribution < -0.4 is 5.32 Å². The van der Waals surface area contributed by atoms with Gasteiger partial charge < -0.3 is 5.32 Å². The molecule has 7 heteroatoms. The zero-order valence-electron chi connectivity index (χ0n) is 14.5. The number of benzene rings is 2. The Kier molecular flexibility index (Phi) is 5.79. The number of carbonyl (C=O) groups excluding carboxylic acids is 1. The molecule has 0 aromatic heterocycles. The van der Waals surface area contributed by atoms with Gasteiger partial charge in [-0.15, -0.1) is 0 Å². The predicted octanol–water partition coefficient (Wildman–Crippen LogP) is 3.80. The van der Waals surface area contributed by atoms with Gasteiger partial charge >= 0.3 is 0 Å². The first kappa shape index (κ1) is 19.1. The highest BCUT2D eigenvalue weighted by atomic mass is 79.9. The fraction of sp³-hybridized carbons (Fsp3) is 0.316. The summed E-state index contributed by atoms with van der Waals surface area (Å²) < 4.78 is 28.0. The maximum Gasteiger partial charge on any atom is 0.243 e. The number of hydrogen-bond acceptors (Lipinski definition) is 3. The van der Waals surface area contributed by atoms with E-state index in [1.54, 1.807) is 24.3 Å². The lowest BCUT2D eigenvalue weighted by atomic mass is 9.98. The molecule has 2 aromatic rings. The van der Waals surface area contributed by atoms with Gasteiger partial charge in [0.1, 0.15) is 0 Å². The minimum atomic E-state index is -3.59. The molecule has 26 heavy (non-hydrogen) atoms. The van der Waals surface area contributed by atoms with E-state index in [1.165, 1.54) is 4.31 Å². The van der Waals surface area contributed by atoms with Crippen LogP contribution in [0.4, 0.5) is 5.69 Å². The Balaban J connectivity index is 1.73. The van der Waals surface area contributed by atoms with Crippen molar-refractivity contribution in [2.75, 3.05) is 18.4 Å². The van der Waals surface area contributed by atoms with Crippen molar-refractivity contribution >= 4 is 37.5 Å². The second-order valence-electron chi connectivity index (χ2n) is 6.46. The number of anilines is 1. The van der Waals surface area contributed by atoms with Gasteiger partial charge in [-0.05, 0) is 55.7 Å². The molecule has 0 radical (unpaired) electrons. The Labute approximate surface area is 162 Å². The summed E-state index contributed by atoms with van der Waals surface area (Å²) in [4.78, 5) is 12.9. The largest absolute Gasteiger partial charge is 0.326 e. The predicted molar refractivity (Wildman–Crippen MR) is 105 cm³/mol. The molecule has 5 nitrogen and oxygen atoms in total. The van der Waals surface area contributed by atoms with Crippen LogP contribution in [0, 0.1) is 12.8 Å². The molecular weight excluding hydrogens is 416 g/mol. The zero-order chi connectivity index (χ0) is 18.7. The summed E-state index contributed by atoms with van der Waals surface area (Å²) in [5.41, 5.74) is 1.75. The lowest BCUT2D eigenvalue weighted by Crippen LogP contribution is -2.43. The first-order valence-corrected chi connectivity index (χ1v) is 10.7. The van der Waals surface area contributed by atoms with Crippen molar-refractivity contribution in [3.05, 3.63) is 58.6 Å². The van der Waals surface area contributed by atoms with Gasteiger partial charge in [-0.3, -0.25) is 4.79 Å². The molecule has 3 rings (SSSR count). The Hall–Kier alpha value is -1.70. The second kappa shape index (κ2) is 7.90. The van der Waals surface area contributed by atoms with Crippen molar-refractivity contribution in [2.24, 2.45) is 5.92 Å². The van der Waals surface area contributed by atoms with Crippen molar-refractivity contribution < 1.29 is 13.2 Å². The topological polar surface area (TPSA) is 66.5 Å². The summed E-state index contributed by atoms with van der Waals surface area (Å²) in [5, 5.41) is 2.93. The van der Waals surface area contributed by atoms with Crippen LogP contribution in [-0.4, -0.2) is 31.7 Å². The third kappa shape index (κ3) is 4.16. The summed E-state index contributed by atoms with van der Waals surface area (Å²) in [5.74, 6) is -0.483. The highest BCUT2D eigenvalue weighted by Crippen LogP contribution is 2.26. The number of amides is 1. The minimum absolute atomic E-state index is 0.130. The Morgan fingerprint density at radius 3 is 2.54 bits per heavy atom. The van der Waals surface area contributed by atoms with Gasteiger partial charge in [0.2, 0.25) is 15.9 Å². The van der Waals surface area contributed by atoms with Gasteiger partial charge in [-0.2, -0.15) is 4.31 Å². The van der Waals surface area contributed by atoms with Crippen LogP contribution in [0.25, 0.3) is 0 Å². The average molecular weight is 437 g/mol. The number of nitrogens with one attached hydrogen (secondary N) is 1. The van der Waals surface area contributed by atoms with E-state index in [0.29, 0.717) is 19.4 Å². The van der Waals surface area contributed by atoms with Crippen LogP contribution in [0.15, 0.2) is 57.9 Å². The molecule has 1 amide bonds. The van der Waals surface area contributed by atoms with Crippen LogP contribution >= 0.6 is 15.9 Å². The number of aryl methyl sites for hydroxylation is 1.